The number of amides is 1. The normalized spacial score (nSPS) is 19.1. The summed E-state index contributed by atoms with van der Waals surface area (Å²) in [4.78, 5) is 13.1. The number of aliphatic hydroxyl groups is 5. The molecule has 7 atom stereocenters. The third-order valence-electron chi connectivity index (χ3n) is 15.5. The molecule has 0 saturated carbocycles. The van der Waals surface area contributed by atoms with Crippen LogP contribution in [0.5, 0.6) is 0 Å². The summed E-state index contributed by atoms with van der Waals surface area (Å²) >= 11 is 0. The highest BCUT2D eigenvalue weighted by atomic mass is 16.7. The quantitative estimate of drug-likeness (QED) is 0.0261. The van der Waals surface area contributed by atoms with Gasteiger partial charge in [0.05, 0.1) is 25.4 Å². The molecule has 1 saturated heterocycles. The Labute approximate surface area is 475 Å². The zero-order valence-corrected chi connectivity index (χ0v) is 50.2. The monoisotopic (exact) mass is 1080 g/mol. The number of aliphatic hydroxyl groups excluding tert-OH is 5. The van der Waals surface area contributed by atoms with Crippen LogP contribution in [-0.4, -0.2) is 87.5 Å². The smallest absolute Gasteiger partial charge is 0.220 e. The molecule has 0 bridgehead atoms. The maximum atomic E-state index is 13.1. The van der Waals surface area contributed by atoms with Gasteiger partial charge in [0.1, 0.15) is 24.4 Å². The molecule has 1 aliphatic rings. The fourth-order valence-electron chi connectivity index (χ4n) is 10.3. The highest BCUT2D eigenvalue weighted by molar-refractivity contribution is 5.76. The molecule has 0 radical (unpaired) electrons. The zero-order chi connectivity index (χ0) is 55.8. The van der Waals surface area contributed by atoms with E-state index < -0.39 is 49.5 Å². The van der Waals surface area contributed by atoms with Gasteiger partial charge in [-0.05, 0) is 77.0 Å². The molecule has 77 heavy (non-hydrogen) atoms. The molecule has 1 heterocycles. The van der Waals surface area contributed by atoms with E-state index >= 15 is 0 Å². The van der Waals surface area contributed by atoms with Crippen molar-refractivity contribution in [2.24, 2.45) is 0 Å². The molecular formula is C68H125NO8. The molecule has 7 unspecified atom stereocenters. The maximum absolute atomic E-state index is 13.1. The van der Waals surface area contributed by atoms with Gasteiger partial charge in [0.15, 0.2) is 6.29 Å². The molecule has 450 valence electrons. The molecule has 9 heteroatoms. The van der Waals surface area contributed by atoms with E-state index in [4.69, 9.17) is 9.47 Å². The third-order valence-corrected chi connectivity index (χ3v) is 15.5. The molecule has 1 amide bonds. The number of hydrogen-bond donors (Lipinski definition) is 6. The van der Waals surface area contributed by atoms with Gasteiger partial charge in [-0.25, -0.2) is 0 Å². The molecular weight excluding hydrogens is 959 g/mol. The Hall–Kier alpha value is -2.11. The lowest BCUT2D eigenvalue weighted by molar-refractivity contribution is -0.302. The van der Waals surface area contributed by atoms with Crippen LogP contribution >= 0.6 is 0 Å². The Kier molecular flexibility index (Phi) is 54.1. The van der Waals surface area contributed by atoms with Gasteiger partial charge >= 0.3 is 0 Å². The van der Waals surface area contributed by atoms with E-state index in [-0.39, 0.29) is 12.5 Å². The van der Waals surface area contributed by atoms with Gasteiger partial charge < -0.3 is 40.3 Å². The lowest BCUT2D eigenvalue weighted by Gasteiger charge is -2.40. The summed E-state index contributed by atoms with van der Waals surface area (Å²) in [7, 11) is 0. The minimum Gasteiger partial charge on any atom is -0.394 e. The van der Waals surface area contributed by atoms with Crippen LogP contribution in [0.3, 0.4) is 0 Å². The van der Waals surface area contributed by atoms with Crippen LogP contribution in [0.2, 0.25) is 0 Å². The number of carbonyl (C=O) groups is 1. The van der Waals surface area contributed by atoms with Gasteiger partial charge in [-0.2, -0.15) is 0 Å². The maximum Gasteiger partial charge on any atom is 0.220 e. The molecule has 9 nitrogen and oxygen atoms in total. The number of unbranched alkanes of at least 4 members (excludes halogenated alkanes) is 39. The van der Waals surface area contributed by atoms with Crippen LogP contribution in [0.4, 0.5) is 0 Å². The largest absolute Gasteiger partial charge is 0.394 e. The summed E-state index contributed by atoms with van der Waals surface area (Å²) < 4.78 is 11.3. The second-order valence-electron chi connectivity index (χ2n) is 22.9. The van der Waals surface area contributed by atoms with E-state index in [0.29, 0.717) is 6.42 Å². The molecule has 0 aromatic heterocycles. The number of nitrogens with one attached hydrogen (secondary N) is 1. The van der Waals surface area contributed by atoms with Gasteiger partial charge in [-0.15, -0.1) is 0 Å². The average molecular weight is 1080 g/mol. The van der Waals surface area contributed by atoms with Crippen LogP contribution < -0.4 is 5.32 Å². The van der Waals surface area contributed by atoms with Crippen molar-refractivity contribution in [2.75, 3.05) is 13.2 Å². The summed E-state index contributed by atoms with van der Waals surface area (Å²) in [5.74, 6) is -0.187. The van der Waals surface area contributed by atoms with E-state index in [1.165, 1.54) is 231 Å². The van der Waals surface area contributed by atoms with Crippen molar-refractivity contribution < 1.29 is 39.8 Å². The van der Waals surface area contributed by atoms with Crippen molar-refractivity contribution in [1.29, 1.82) is 0 Å². The fraction of sp³-hybridized carbons (Fsp3) is 0.838. The minimum absolute atomic E-state index is 0.187. The molecule has 0 aromatic carbocycles. The predicted octanol–water partition coefficient (Wildman–Crippen LogP) is 17.4. The van der Waals surface area contributed by atoms with Crippen LogP contribution in [0.15, 0.2) is 60.8 Å². The molecule has 0 aliphatic carbocycles. The topological polar surface area (TPSA) is 149 Å². The van der Waals surface area contributed by atoms with E-state index in [2.05, 4.69) is 67.8 Å². The van der Waals surface area contributed by atoms with Gasteiger partial charge in [0, 0.05) is 6.42 Å². The first kappa shape index (κ1) is 72.9. The van der Waals surface area contributed by atoms with Crippen molar-refractivity contribution in [3.8, 4) is 0 Å². The standard InChI is InChI=1S/C68H125NO8/c1-3-5-7-9-11-13-15-17-19-20-21-22-23-24-25-26-27-28-29-30-31-32-33-34-35-36-37-38-39-40-41-42-44-46-48-50-52-54-56-58-64(72)69-61(60-76-68-67(75)66(74)65(73)63(59-70)77-68)62(71)57-55-53-51-49-47-45-43-18-16-14-12-10-8-6-4-2/h15-18,20-21,47,49,55,57,61-63,65-68,70-71,73-75H,3-14,19,22-46,48,50-54,56,58-60H2,1-2H3,(H,69,72)/b17-15-,18-16+,21-20-,49-47+,57-55+. The molecule has 1 fully saturated rings. The molecule has 0 spiro atoms. The van der Waals surface area contributed by atoms with Gasteiger partial charge in [0.25, 0.3) is 0 Å². The average Bonchev–Trinajstić information content (AvgIpc) is 3.43. The van der Waals surface area contributed by atoms with E-state index in [9.17, 15) is 30.3 Å². The molecule has 1 aliphatic heterocycles. The minimum atomic E-state index is -1.57. The summed E-state index contributed by atoms with van der Waals surface area (Å²) in [5.41, 5.74) is 0. The van der Waals surface area contributed by atoms with E-state index in [0.717, 1.165) is 57.8 Å². The highest BCUT2D eigenvalue weighted by Crippen LogP contribution is 2.23. The Morgan fingerprint density at radius 3 is 1.17 bits per heavy atom. The second kappa shape index (κ2) is 57.1. The fourth-order valence-corrected chi connectivity index (χ4v) is 10.3. The van der Waals surface area contributed by atoms with Crippen LogP contribution in [0, 0.1) is 0 Å². The Balaban J connectivity index is 2.05. The van der Waals surface area contributed by atoms with E-state index in [1.807, 2.05) is 6.08 Å². The SMILES string of the molecule is CCCCCCC/C=C\C/C=C\CCCCCCCCCCCCCCCCCCCCCCCCCCCCCC(=O)NC(COC1OC(CO)C(O)C(O)C1O)C(O)/C=C/CC/C=C/CC/C=C/CCCCCCC. The number of rotatable bonds is 57. The van der Waals surface area contributed by atoms with Crippen molar-refractivity contribution >= 4 is 5.91 Å². The zero-order valence-electron chi connectivity index (χ0n) is 50.2. The van der Waals surface area contributed by atoms with Crippen molar-refractivity contribution in [3.05, 3.63) is 60.8 Å². The Bertz CT molecular complexity index is 1400. The summed E-state index contributed by atoms with van der Waals surface area (Å²) in [6.45, 7) is 3.75. The first-order chi connectivity index (χ1) is 37.8. The lowest BCUT2D eigenvalue weighted by atomic mass is 9.99. The molecule has 1 rings (SSSR count). The predicted molar refractivity (Wildman–Crippen MR) is 327 cm³/mol. The van der Waals surface area contributed by atoms with Crippen LogP contribution in [0.25, 0.3) is 0 Å². The molecule has 0 aromatic rings. The number of carbonyl (C=O) groups excluding carboxylic acids is 1. The van der Waals surface area contributed by atoms with Gasteiger partial charge in [-0.3, -0.25) is 4.79 Å². The van der Waals surface area contributed by atoms with Crippen molar-refractivity contribution in [3.63, 3.8) is 0 Å². The van der Waals surface area contributed by atoms with Crippen LogP contribution in [0.1, 0.15) is 309 Å². The number of ether oxygens (including phenoxy) is 2. The second-order valence-corrected chi connectivity index (χ2v) is 22.9. The highest BCUT2D eigenvalue weighted by Gasteiger charge is 2.44. The van der Waals surface area contributed by atoms with Gasteiger partial charge in [0.2, 0.25) is 5.91 Å². The Morgan fingerprint density at radius 2 is 0.779 bits per heavy atom. The van der Waals surface area contributed by atoms with Crippen LogP contribution in [-0.2, 0) is 14.3 Å². The van der Waals surface area contributed by atoms with Gasteiger partial charge in [-0.1, -0.05) is 286 Å². The Morgan fingerprint density at radius 1 is 0.442 bits per heavy atom. The van der Waals surface area contributed by atoms with Crippen molar-refractivity contribution in [2.45, 2.75) is 352 Å². The third kappa shape index (κ3) is 46.2. The summed E-state index contributed by atoms with van der Waals surface area (Å²) in [5, 5.41) is 54.5. The number of allylic oxidation sites excluding steroid dienone is 9. The first-order valence-electron chi connectivity index (χ1n) is 33.0. The lowest BCUT2D eigenvalue weighted by Crippen LogP contribution is -2.60. The number of hydrogen-bond acceptors (Lipinski definition) is 8. The first-order valence-corrected chi connectivity index (χ1v) is 33.0. The summed E-state index contributed by atoms with van der Waals surface area (Å²) in [6, 6.07) is -0.828. The van der Waals surface area contributed by atoms with E-state index in [1.54, 1.807) is 6.08 Å². The summed E-state index contributed by atoms with van der Waals surface area (Å²) in [6.07, 6.45) is 72.0. The van der Waals surface area contributed by atoms with Crippen molar-refractivity contribution in [1.82, 2.24) is 5.32 Å². The molecule has 6 N–H and O–H groups in total.